The van der Waals surface area contributed by atoms with Crippen LogP contribution in [0.5, 0.6) is 0 Å². The minimum absolute atomic E-state index is 0.0190. The number of hydrogen-bond acceptors (Lipinski definition) is 4. The first kappa shape index (κ1) is 16.4. The van der Waals surface area contributed by atoms with Gasteiger partial charge in [0.1, 0.15) is 0 Å². The smallest absolute Gasteiger partial charge is 0.269 e. The third kappa shape index (κ3) is 3.91. The van der Waals surface area contributed by atoms with E-state index in [9.17, 15) is 14.9 Å². The minimum Gasteiger partial charge on any atom is -0.340 e. The molecule has 1 atom stereocenters. The van der Waals surface area contributed by atoms with Crippen molar-refractivity contribution in [2.75, 3.05) is 7.05 Å². The summed E-state index contributed by atoms with van der Waals surface area (Å²) in [5.41, 5.74) is 6.26. The molecule has 0 saturated carbocycles. The van der Waals surface area contributed by atoms with Crippen molar-refractivity contribution in [1.29, 1.82) is 0 Å². The summed E-state index contributed by atoms with van der Waals surface area (Å²) in [6.45, 7) is 3.90. The van der Waals surface area contributed by atoms with Gasteiger partial charge in [-0.2, -0.15) is 0 Å². The molecule has 0 aliphatic carbocycles. The molecule has 0 aliphatic heterocycles. The second-order valence-corrected chi connectivity index (χ2v) is 5.40. The first-order valence-corrected chi connectivity index (χ1v) is 6.55. The van der Waals surface area contributed by atoms with Crippen molar-refractivity contribution < 1.29 is 9.72 Å². The molecule has 7 heteroatoms. The Bertz CT molecular complexity index is 520. The zero-order valence-corrected chi connectivity index (χ0v) is 12.4. The monoisotopic (exact) mass is 299 g/mol. The van der Waals surface area contributed by atoms with E-state index >= 15 is 0 Å². The Morgan fingerprint density at radius 1 is 1.50 bits per heavy atom. The molecule has 1 aromatic carbocycles. The molecule has 20 heavy (non-hydrogen) atoms. The summed E-state index contributed by atoms with van der Waals surface area (Å²) in [4.78, 5) is 23.7. The molecule has 0 unspecified atom stereocenters. The Hall–Kier alpha value is -1.66. The van der Waals surface area contributed by atoms with Crippen molar-refractivity contribution in [3.63, 3.8) is 0 Å². The van der Waals surface area contributed by atoms with E-state index in [-0.39, 0.29) is 24.1 Å². The molecule has 0 aromatic heterocycles. The zero-order valence-electron chi connectivity index (χ0n) is 11.7. The van der Waals surface area contributed by atoms with E-state index in [1.165, 1.54) is 23.1 Å². The average Bonchev–Trinajstić information content (AvgIpc) is 2.38. The summed E-state index contributed by atoms with van der Waals surface area (Å²) in [6.07, 6.45) is 0. The van der Waals surface area contributed by atoms with Crippen LogP contribution in [0, 0.1) is 16.0 Å². The molecule has 0 fully saturated rings. The number of nitrogens with two attached hydrogens (primary N) is 1. The van der Waals surface area contributed by atoms with Crippen LogP contribution >= 0.6 is 11.6 Å². The third-order valence-electron chi connectivity index (χ3n) is 3.03. The minimum atomic E-state index is -0.600. The molecule has 2 N–H and O–H groups in total. The van der Waals surface area contributed by atoms with Crippen LogP contribution in [0.2, 0.25) is 5.02 Å². The van der Waals surface area contributed by atoms with E-state index in [4.69, 9.17) is 17.3 Å². The number of nitro benzene ring substituents is 1. The molecule has 0 radical (unpaired) electrons. The van der Waals surface area contributed by atoms with E-state index in [0.29, 0.717) is 10.6 Å². The van der Waals surface area contributed by atoms with Crippen molar-refractivity contribution >= 4 is 23.2 Å². The summed E-state index contributed by atoms with van der Waals surface area (Å²) in [7, 11) is 1.60. The number of carbonyl (C=O) groups is 1. The largest absolute Gasteiger partial charge is 0.340 e. The van der Waals surface area contributed by atoms with Gasteiger partial charge in [-0.15, -0.1) is 0 Å². The lowest BCUT2D eigenvalue weighted by Gasteiger charge is -2.23. The predicted molar refractivity (Wildman–Crippen MR) is 77.4 cm³/mol. The second-order valence-electron chi connectivity index (χ2n) is 5.00. The standard InChI is InChI=1S/C13H18ClN3O3/c1-8(2)12(15)13(18)16(3)7-9-6-10(17(19)20)4-5-11(9)14/h4-6,8,12H,7,15H2,1-3H3/t12-/m0/s1. The van der Waals surface area contributed by atoms with Crippen molar-refractivity contribution in [1.82, 2.24) is 4.90 Å². The Labute approximate surface area is 122 Å². The molecule has 0 heterocycles. The highest BCUT2D eigenvalue weighted by Crippen LogP contribution is 2.23. The molecule has 0 aliphatic rings. The van der Waals surface area contributed by atoms with E-state index < -0.39 is 11.0 Å². The highest BCUT2D eigenvalue weighted by molar-refractivity contribution is 6.31. The number of likely N-dealkylation sites (N-methyl/N-ethyl adjacent to an activating group) is 1. The van der Waals surface area contributed by atoms with Crippen LogP contribution in [-0.2, 0) is 11.3 Å². The van der Waals surface area contributed by atoms with Crippen LogP contribution in [0.15, 0.2) is 18.2 Å². The maximum Gasteiger partial charge on any atom is 0.269 e. The Kier molecular flexibility index (Phi) is 5.47. The topological polar surface area (TPSA) is 89.5 Å². The van der Waals surface area contributed by atoms with Crippen molar-refractivity contribution in [2.24, 2.45) is 11.7 Å². The van der Waals surface area contributed by atoms with Gasteiger partial charge in [-0.1, -0.05) is 25.4 Å². The molecule has 6 nitrogen and oxygen atoms in total. The van der Waals surface area contributed by atoms with Crippen molar-refractivity contribution in [2.45, 2.75) is 26.4 Å². The summed E-state index contributed by atoms with van der Waals surface area (Å²) in [5.74, 6) is -0.201. The fraction of sp³-hybridized carbons (Fsp3) is 0.462. The molecule has 1 amide bonds. The number of nitro groups is 1. The number of nitrogens with zero attached hydrogens (tertiary/aromatic N) is 2. The Balaban J connectivity index is 2.90. The SMILES string of the molecule is CC(C)[C@H](N)C(=O)N(C)Cc1cc([N+](=O)[O-])ccc1Cl. The summed E-state index contributed by atoms with van der Waals surface area (Å²) >= 11 is 6.00. The maximum atomic E-state index is 12.0. The fourth-order valence-corrected chi connectivity index (χ4v) is 1.85. The number of halogens is 1. The molecular weight excluding hydrogens is 282 g/mol. The number of amides is 1. The highest BCUT2D eigenvalue weighted by atomic mass is 35.5. The van der Waals surface area contributed by atoms with Gasteiger partial charge in [-0.3, -0.25) is 14.9 Å². The van der Waals surface area contributed by atoms with Crippen LogP contribution in [0.3, 0.4) is 0 Å². The fourth-order valence-electron chi connectivity index (χ4n) is 1.67. The maximum absolute atomic E-state index is 12.0. The summed E-state index contributed by atoms with van der Waals surface area (Å²) in [6, 6.07) is 3.55. The van der Waals surface area contributed by atoms with Gasteiger partial charge in [-0.05, 0) is 17.5 Å². The van der Waals surface area contributed by atoms with Gasteiger partial charge in [0.2, 0.25) is 5.91 Å². The number of carbonyl (C=O) groups excluding carboxylic acids is 1. The van der Waals surface area contributed by atoms with Crippen LogP contribution in [0.4, 0.5) is 5.69 Å². The first-order valence-electron chi connectivity index (χ1n) is 6.17. The quantitative estimate of drug-likeness (QED) is 0.666. The van der Waals surface area contributed by atoms with Crippen molar-refractivity contribution in [3.8, 4) is 0 Å². The molecule has 0 saturated heterocycles. The molecule has 0 spiro atoms. The first-order chi connectivity index (χ1) is 9.23. The van der Waals surface area contributed by atoms with Gasteiger partial charge in [-0.25, -0.2) is 0 Å². The average molecular weight is 300 g/mol. The molecule has 0 bridgehead atoms. The molecule has 1 rings (SSSR count). The van der Waals surface area contributed by atoms with Gasteiger partial charge in [0.25, 0.3) is 5.69 Å². The second kappa shape index (κ2) is 6.67. The van der Waals surface area contributed by atoms with Gasteiger partial charge in [0.05, 0.1) is 11.0 Å². The lowest BCUT2D eigenvalue weighted by atomic mass is 10.0. The number of benzene rings is 1. The number of non-ortho nitro benzene ring substituents is 1. The Morgan fingerprint density at radius 3 is 2.60 bits per heavy atom. The van der Waals surface area contributed by atoms with Gasteiger partial charge in [0.15, 0.2) is 0 Å². The summed E-state index contributed by atoms with van der Waals surface area (Å²) < 4.78 is 0. The molecule has 110 valence electrons. The lowest BCUT2D eigenvalue weighted by Crippen LogP contribution is -2.44. The van der Waals surface area contributed by atoms with E-state index in [2.05, 4.69) is 0 Å². The van der Waals surface area contributed by atoms with Crippen LogP contribution in [0.25, 0.3) is 0 Å². The van der Waals surface area contributed by atoms with E-state index in [1.807, 2.05) is 13.8 Å². The molecule has 1 aromatic rings. The van der Waals surface area contributed by atoms with Crippen LogP contribution < -0.4 is 5.73 Å². The van der Waals surface area contributed by atoms with E-state index in [0.717, 1.165) is 0 Å². The third-order valence-corrected chi connectivity index (χ3v) is 3.40. The summed E-state index contributed by atoms with van der Waals surface area (Å²) in [5, 5.41) is 11.1. The highest BCUT2D eigenvalue weighted by Gasteiger charge is 2.22. The molecular formula is C13H18ClN3O3. The van der Waals surface area contributed by atoms with E-state index in [1.54, 1.807) is 7.05 Å². The normalized spacial score (nSPS) is 12.3. The number of hydrogen-bond donors (Lipinski definition) is 1. The van der Waals surface area contributed by atoms with Crippen LogP contribution in [0.1, 0.15) is 19.4 Å². The predicted octanol–water partition coefficient (Wildman–Crippen LogP) is 2.19. The van der Waals surface area contributed by atoms with Crippen LogP contribution in [-0.4, -0.2) is 28.8 Å². The van der Waals surface area contributed by atoms with Crippen molar-refractivity contribution in [3.05, 3.63) is 38.9 Å². The van der Waals surface area contributed by atoms with Gasteiger partial charge >= 0.3 is 0 Å². The lowest BCUT2D eigenvalue weighted by molar-refractivity contribution is -0.384. The zero-order chi connectivity index (χ0) is 15.4. The Morgan fingerprint density at radius 2 is 2.10 bits per heavy atom. The number of rotatable bonds is 5. The van der Waals surface area contributed by atoms with Gasteiger partial charge in [0, 0.05) is 30.7 Å². The van der Waals surface area contributed by atoms with Gasteiger partial charge < -0.3 is 10.6 Å².